The molecule has 0 bridgehead atoms. The Balaban J connectivity index is 0.000000640. The summed E-state index contributed by atoms with van der Waals surface area (Å²) < 4.78 is 0. The van der Waals surface area contributed by atoms with E-state index in [1.807, 2.05) is 0 Å². The molecule has 0 spiro atoms. The van der Waals surface area contributed by atoms with Crippen molar-refractivity contribution in [3.8, 4) is 0 Å². The van der Waals surface area contributed by atoms with Gasteiger partial charge in [-0.05, 0) is 25.0 Å². The van der Waals surface area contributed by atoms with Gasteiger partial charge in [-0.3, -0.25) is 4.99 Å². The third-order valence-electron chi connectivity index (χ3n) is 2.89. The van der Waals surface area contributed by atoms with Crippen LogP contribution in [-0.2, 0) is 6.42 Å². The van der Waals surface area contributed by atoms with E-state index in [1.54, 1.807) is 0 Å². The molecule has 1 aliphatic heterocycles. The van der Waals surface area contributed by atoms with Gasteiger partial charge in [0.2, 0.25) is 0 Å². The van der Waals surface area contributed by atoms with Gasteiger partial charge in [0.1, 0.15) is 0 Å². The molecule has 0 radical (unpaired) electrons. The van der Waals surface area contributed by atoms with Crippen LogP contribution in [-0.4, -0.2) is 22.7 Å². The molecule has 0 aliphatic carbocycles. The molecule has 86 valence electrons. The van der Waals surface area contributed by atoms with E-state index in [4.69, 9.17) is 0 Å². The number of benzene rings is 1. The molecule has 1 aromatic carbocycles. The molecule has 0 saturated heterocycles. The first-order valence-electron chi connectivity index (χ1n) is 4.97. The molecule has 3 nitrogen and oxygen atoms in total. The second kappa shape index (κ2) is 4.68. The summed E-state index contributed by atoms with van der Waals surface area (Å²) in [6.07, 6.45) is 1.07. The van der Waals surface area contributed by atoms with Gasteiger partial charge in [0, 0.05) is 17.4 Å². The predicted octanol–water partition coefficient (Wildman–Crippen LogP) is 2.13. The lowest BCUT2D eigenvalue weighted by atomic mass is 10.0. The molecule has 1 aromatic heterocycles. The van der Waals surface area contributed by atoms with Crippen molar-refractivity contribution in [1.82, 2.24) is 4.98 Å². The molecule has 3 rings (SSSR count). The highest BCUT2D eigenvalue weighted by Crippen LogP contribution is 2.25. The fraction of sp³-hybridized carbons (Fsp3) is 0.250. The molecule has 2 heterocycles. The smallest absolute Gasteiger partial charge is 0.0635 e. The van der Waals surface area contributed by atoms with Crippen molar-refractivity contribution in [1.29, 1.82) is 0 Å². The van der Waals surface area contributed by atoms with E-state index < -0.39 is 0 Å². The van der Waals surface area contributed by atoms with Crippen molar-refractivity contribution in [2.45, 2.75) is 13.3 Å². The molecular formula is C12H15ClN2O. The number of fused-ring (bicyclic) bond motifs is 3. The third-order valence-corrected chi connectivity index (χ3v) is 2.89. The maximum absolute atomic E-state index is 4.45. The van der Waals surface area contributed by atoms with Crippen LogP contribution in [0.25, 0.3) is 10.9 Å². The Kier molecular flexibility index (Phi) is 3.73. The number of aliphatic imine (C=N–C) groups is 1. The molecule has 3 N–H and O–H groups in total. The van der Waals surface area contributed by atoms with Crippen LogP contribution in [0.4, 0.5) is 0 Å². The Hall–Kier alpha value is -1.32. The van der Waals surface area contributed by atoms with Crippen LogP contribution < -0.4 is 0 Å². The Morgan fingerprint density at radius 1 is 1.25 bits per heavy atom. The van der Waals surface area contributed by atoms with Crippen molar-refractivity contribution in [3.05, 3.63) is 35.5 Å². The average Bonchev–Trinajstić information content (AvgIpc) is 2.59. The van der Waals surface area contributed by atoms with E-state index in [0.29, 0.717) is 0 Å². The summed E-state index contributed by atoms with van der Waals surface area (Å²) in [6.45, 7) is 3.01. The molecule has 2 aromatic rings. The zero-order valence-corrected chi connectivity index (χ0v) is 9.90. The molecule has 0 amide bonds. The van der Waals surface area contributed by atoms with E-state index in [1.165, 1.54) is 22.2 Å². The molecular weight excluding hydrogens is 224 g/mol. The molecule has 1 aliphatic rings. The zero-order valence-electron chi connectivity index (χ0n) is 9.08. The maximum atomic E-state index is 4.45. The van der Waals surface area contributed by atoms with Gasteiger partial charge in [-0.15, -0.1) is 12.4 Å². The summed E-state index contributed by atoms with van der Waals surface area (Å²) in [7, 11) is 0. The Morgan fingerprint density at radius 2 is 2.00 bits per heavy atom. The number of para-hydroxylation sites is 1. The minimum Gasteiger partial charge on any atom is -0.412 e. The average molecular weight is 239 g/mol. The Morgan fingerprint density at radius 3 is 2.81 bits per heavy atom. The van der Waals surface area contributed by atoms with Crippen molar-refractivity contribution < 1.29 is 5.48 Å². The van der Waals surface area contributed by atoms with Crippen LogP contribution in [0.3, 0.4) is 0 Å². The van der Waals surface area contributed by atoms with E-state index in [0.717, 1.165) is 18.7 Å². The summed E-state index contributed by atoms with van der Waals surface area (Å²) in [6, 6.07) is 8.47. The number of hydrogen-bond donors (Lipinski definition) is 1. The number of H-pyrrole nitrogens is 1. The SMILES string of the molecule is CC1=NCCc2c1[nH]c1ccccc21.Cl.O. The molecule has 0 unspecified atom stereocenters. The highest BCUT2D eigenvalue weighted by molar-refractivity contribution is 6.04. The molecule has 16 heavy (non-hydrogen) atoms. The summed E-state index contributed by atoms with van der Waals surface area (Å²) in [5.41, 5.74) is 5.04. The van der Waals surface area contributed by atoms with Gasteiger partial charge in [-0.25, -0.2) is 0 Å². The number of aromatic amines is 1. The van der Waals surface area contributed by atoms with Gasteiger partial charge in [0.15, 0.2) is 0 Å². The largest absolute Gasteiger partial charge is 0.412 e. The van der Waals surface area contributed by atoms with Crippen LogP contribution in [0, 0.1) is 0 Å². The van der Waals surface area contributed by atoms with E-state index in [-0.39, 0.29) is 17.9 Å². The fourth-order valence-electron chi connectivity index (χ4n) is 2.18. The number of halogens is 1. The lowest BCUT2D eigenvalue weighted by Crippen LogP contribution is -2.08. The minimum absolute atomic E-state index is 0. The van der Waals surface area contributed by atoms with Crippen LogP contribution >= 0.6 is 12.4 Å². The normalized spacial score (nSPS) is 13.4. The van der Waals surface area contributed by atoms with E-state index >= 15 is 0 Å². The van der Waals surface area contributed by atoms with Gasteiger partial charge in [0.25, 0.3) is 0 Å². The fourth-order valence-corrected chi connectivity index (χ4v) is 2.18. The number of rotatable bonds is 0. The maximum Gasteiger partial charge on any atom is 0.0635 e. The Bertz CT molecular complexity index is 531. The number of hydrogen-bond acceptors (Lipinski definition) is 1. The van der Waals surface area contributed by atoms with Crippen molar-refractivity contribution in [2.75, 3.05) is 6.54 Å². The first-order valence-corrected chi connectivity index (χ1v) is 4.97. The lowest BCUT2D eigenvalue weighted by Gasteiger charge is -2.08. The van der Waals surface area contributed by atoms with E-state index in [2.05, 4.69) is 41.2 Å². The van der Waals surface area contributed by atoms with Crippen LogP contribution in [0.5, 0.6) is 0 Å². The summed E-state index contributed by atoms with van der Waals surface area (Å²) in [4.78, 5) is 7.89. The second-order valence-electron chi connectivity index (χ2n) is 3.74. The highest BCUT2D eigenvalue weighted by atomic mass is 35.5. The van der Waals surface area contributed by atoms with Gasteiger partial charge in [-0.2, -0.15) is 0 Å². The van der Waals surface area contributed by atoms with Crippen molar-refractivity contribution in [2.24, 2.45) is 4.99 Å². The molecule has 0 saturated carbocycles. The predicted molar refractivity (Wildman–Crippen MR) is 69.9 cm³/mol. The van der Waals surface area contributed by atoms with Gasteiger partial charge in [-0.1, -0.05) is 18.2 Å². The first kappa shape index (κ1) is 12.7. The highest BCUT2D eigenvalue weighted by Gasteiger charge is 2.15. The van der Waals surface area contributed by atoms with E-state index in [9.17, 15) is 0 Å². The molecule has 0 fully saturated rings. The van der Waals surface area contributed by atoms with Gasteiger partial charge in [0.05, 0.1) is 11.4 Å². The zero-order chi connectivity index (χ0) is 9.54. The molecule has 4 heteroatoms. The van der Waals surface area contributed by atoms with Gasteiger partial charge >= 0.3 is 0 Å². The summed E-state index contributed by atoms with van der Waals surface area (Å²) in [5, 5.41) is 1.36. The topological polar surface area (TPSA) is 59.6 Å². The third kappa shape index (κ3) is 1.72. The van der Waals surface area contributed by atoms with Crippen LogP contribution in [0.15, 0.2) is 29.3 Å². The first-order chi connectivity index (χ1) is 6.86. The second-order valence-corrected chi connectivity index (χ2v) is 3.74. The van der Waals surface area contributed by atoms with Crippen LogP contribution in [0.2, 0.25) is 0 Å². The number of aromatic nitrogens is 1. The standard InChI is InChI=1S/C12H12N2.ClH.H2O/c1-8-12-10(6-7-13-8)9-4-2-3-5-11(9)14-12;;/h2-5,14H,6-7H2,1H3;1H;1H2. The van der Waals surface area contributed by atoms with Crippen LogP contribution in [0.1, 0.15) is 18.2 Å². The minimum atomic E-state index is 0. The molecule has 0 atom stereocenters. The van der Waals surface area contributed by atoms with Gasteiger partial charge < -0.3 is 10.5 Å². The number of nitrogens with zero attached hydrogens (tertiary/aromatic N) is 1. The summed E-state index contributed by atoms with van der Waals surface area (Å²) >= 11 is 0. The Labute approximate surface area is 100 Å². The monoisotopic (exact) mass is 238 g/mol. The van der Waals surface area contributed by atoms with Crippen molar-refractivity contribution >= 4 is 29.0 Å². The van der Waals surface area contributed by atoms with Crippen molar-refractivity contribution in [3.63, 3.8) is 0 Å². The summed E-state index contributed by atoms with van der Waals surface area (Å²) in [5.74, 6) is 0. The quantitative estimate of drug-likeness (QED) is 0.731. The number of nitrogens with one attached hydrogen (secondary N) is 1. The lowest BCUT2D eigenvalue weighted by molar-refractivity contribution is 0.824.